The van der Waals surface area contributed by atoms with Crippen molar-refractivity contribution >= 4 is 52.0 Å². The van der Waals surface area contributed by atoms with Crippen LogP contribution in [0.3, 0.4) is 0 Å². The Morgan fingerprint density at radius 3 is 2.57 bits per heavy atom. The number of thiazole rings is 1. The number of likely N-dealkylation sites (N-methyl/N-ethyl adjacent to an activating group) is 2. The normalized spacial score (nSPS) is 22.9. The summed E-state index contributed by atoms with van der Waals surface area (Å²) in [7, 11) is 5.10. The summed E-state index contributed by atoms with van der Waals surface area (Å²) in [5.74, 6) is -1.64. The van der Waals surface area contributed by atoms with Crippen molar-refractivity contribution in [2.75, 3.05) is 54.0 Å². The summed E-state index contributed by atoms with van der Waals surface area (Å²) < 4.78 is 14.3. The Balaban J connectivity index is 1.13. The average Bonchev–Trinajstić information content (AvgIpc) is 4.02. The predicted octanol–water partition coefficient (Wildman–Crippen LogP) is 5.17. The third-order valence-electron chi connectivity index (χ3n) is 14.0. The maximum Gasteiger partial charge on any atom is 0.324 e. The van der Waals surface area contributed by atoms with Crippen molar-refractivity contribution in [1.82, 2.24) is 50.3 Å². The zero-order valence-electron chi connectivity index (χ0n) is 41.0. The first kappa shape index (κ1) is 49.0. The molecule has 1 unspecified atom stereocenters. The second kappa shape index (κ2) is 20.3. The monoisotopic (exact) mass is 952 g/mol. The molecule has 4 aliphatic rings. The van der Waals surface area contributed by atoms with E-state index in [1.165, 1.54) is 21.2 Å². The van der Waals surface area contributed by atoms with Crippen molar-refractivity contribution < 1.29 is 33.4 Å². The number of aryl methyl sites for hydroxylation is 1. The van der Waals surface area contributed by atoms with E-state index < -0.39 is 41.3 Å². The molecule has 6 bridgehead atoms. The molecule has 17 nitrogen and oxygen atoms in total. The van der Waals surface area contributed by atoms with Crippen LogP contribution in [0, 0.1) is 11.3 Å². The standard InChI is InChI=1S/C50H68N10O7S/c1-10-59-40-18-17-31-22-34(40)35(44(59)33-15-11-19-51-42(33)30(4)66-9)24-50(5,6)28-67-48(64)36-16-13-21-60(55-36)47(63)37(23-41-53-39(31)27-68-41)54-45(61)43(29(2)3)57(8)49(65)58-20-12-14-32(26-58)56(7)46(62)38-25-52-38/h11,15,17-19,22,27,29-30,32,36-38,43,52,55H,10,12-14,16,20-21,23-26,28H2,1-9H3,(H,54,61)/t30-,32-,36-,37-,38+,43?/m0/s1. The summed E-state index contributed by atoms with van der Waals surface area (Å²) in [6, 6.07) is 7.02. The number of nitrogens with one attached hydrogen (secondary N) is 3. The van der Waals surface area contributed by atoms with Gasteiger partial charge in [-0.25, -0.2) is 15.2 Å². The van der Waals surface area contributed by atoms with E-state index in [0.717, 1.165) is 57.5 Å². The van der Waals surface area contributed by atoms with Crippen LogP contribution in [0.5, 0.6) is 0 Å². The summed E-state index contributed by atoms with van der Waals surface area (Å²) in [6.07, 6.45) is 4.71. The highest BCUT2D eigenvalue weighted by molar-refractivity contribution is 7.10. The Bertz CT molecular complexity index is 2540. The lowest BCUT2D eigenvalue weighted by Gasteiger charge is -2.41. The first-order valence-electron chi connectivity index (χ1n) is 24.1. The van der Waals surface area contributed by atoms with Crippen molar-refractivity contribution in [2.45, 2.75) is 123 Å². The molecule has 0 radical (unpaired) electrons. The first-order valence-corrected chi connectivity index (χ1v) is 25.0. The highest BCUT2D eigenvalue weighted by Gasteiger charge is 2.41. The first-order chi connectivity index (χ1) is 32.5. The van der Waals surface area contributed by atoms with Gasteiger partial charge in [-0.2, -0.15) is 0 Å². The second-order valence-corrected chi connectivity index (χ2v) is 20.9. The summed E-state index contributed by atoms with van der Waals surface area (Å²) in [5, 5.41) is 11.2. The van der Waals surface area contributed by atoms with Crippen molar-refractivity contribution in [3.8, 4) is 22.5 Å². The van der Waals surface area contributed by atoms with Gasteiger partial charge in [-0.05, 0) is 81.7 Å². The van der Waals surface area contributed by atoms with E-state index in [0.29, 0.717) is 57.0 Å². The number of carbonyl (C=O) groups excluding carboxylic acids is 5. The number of amides is 5. The number of hydrogen-bond acceptors (Lipinski definition) is 12. The summed E-state index contributed by atoms with van der Waals surface area (Å²) in [4.78, 5) is 85.1. The molecule has 18 heteroatoms. The quantitative estimate of drug-likeness (QED) is 0.140. The summed E-state index contributed by atoms with van der Waals surface area (Å²) >= 11 is 1.41. The summed E-state index contributed by atoms with van der Waals surface area (Å²) in [6.45, 7) is 14.7. The molecule has 3 aromatic heterocycles. The van der Waals surface area contributed by atoms with Gasteiger partial charge in [-0.3, -0.25) is 29.2 Å². The van der Waals surface area contributed by atoms with Crippen molar-refractivity contribution in [2.24, 2.45) is 11.3 Å². The number of fused-ring (bicyclic) bond motifs is 6. The second-order valence-electron chi connectivity index (χ2n) is 20.0. The SMILES string of the molecule is CCn1c(-c2cccnc2[C@H](C)OC)c2c3cc(ccc31)-c1csc(n1)C[C@H](NC(=O)C(C(C)C)N(C)C(=O)N1CCC[C@H](N(C)C(=O)[C@H]3CN3)C1)C(=O)N1CCC[C@H](N1)C(=O)OCC(C)(C)C2. The Labute approximate surface area is 403 Å². The molecule has 3 saturated heterocycles. The molecule has 6 atom stereocenters. The predicted molar refractivity (Wildman–Crippen MR) is 260 cm³/mol. The maximum atomic E-state index is 14.7. The van der Waals surface area contributed by atoms with Crippen molar-refractivity contribution in [3.63, 3.8) is 0 Å². The zero-order valence-corrected chi connectivity index (χ0v) is 41.8. The number of hydrazine groups is 1. The summed E-state index contributed by atoms with van der Waals surface area (Å²) in [5.41, 5.74) is 9.29. The number of cyclic esters (lactones) is 1. The number of benzene rings is 1. The Morgan fingerprint density at radius 2 is 1.85 bits per heavy atom. The highest BCUT2D eigenvalue weighted by atomic mass is 32.1. The lowest BCUT2D eigenvalue weighted by molar-refractivity contribution is -0.155. The fraction of sp³-hybridized carbons (Fsp3) is 0.580. The van der Waals surface area contributed by atoms with E-state index >= 15 is 0 Å². The molecule has 3 N–H and O–H groups in total. The molecule has 3 fully saturated rings. The lowest BCUT2D eigenvalue weighted by atomic mass is 9.84. The van der Waals surface area contributed by atoms with E-state index in [1.54, 1.807) is 37.2 Å². The Kier molecular flexibility index (Phi) is 14.6. The van der Waals surface area contributed by atoms with Crippen LogP contribution in [-0.4, -0.2) is 148 Å². The Morgan fingerprint density at radius 1 is 1.09 bits per heavy atom. The van der Waals surface area contributed by atoms with Gasteiger partial charge >= 0.3 is 12.0 Å². The van der Waals surface area contributed by atoms with Crippen LogP contribution in [0.15, 0.2) is 41.9 Å². The van der Waals surface area contributed by atoms with Crippen LogP contribution in [0.25, 0.3) is 33.4 Å². The molecule has 366 valence electrons. The molecule has 8 rings (SSSR count). The molecule has 4 aliphatic heterocycles. The third kappa shape index (κ3) is 10.1. The number of hydrogen-bond donors (Lipinski definition) is 3. The number of ether oxygens (including phenoxy) is 2. The number of carbonyl (C=O) groups is 5. The minimum atomic E-state index is -1.08. The molecular formula is C50H68N10O7S. The zero-order chi connectivity index (χ0) is 48.6. The number of nitrogens with zero attached hydrogens (tertiary/aromatic N) is 7. The molecule has 7 heterocycles. The lowest BCUT2D eigenvalue weighted by Crippen LogP contribution is -2.63. The van der Waals surface area contributed by atoms with E-state index in [9.17, 15) is 24.0 Å². The largest absolute Gasteiger partial charge is 0.464 e. The fourth-order valence-electron chi connectivity index (χ4n) is 10.2. The van der Waals surface area contributed by atoms with E-state index in [4.69, 9.17) is 19.4 Å². The number of pyridine rings is 1. The molecule has 0 aliphatic carbocycles. The molecular weight excluding hydrogens is 885 g/mol. The minimum Gasteiger partial charge on any atom is -0.464 e. The molecule has 68 heavy (non-hydrogen) atoms. The smallest absolute Gasteiger partial charge is 0.324 e. The van der Waals surface area contributed by atoms with Crippen LogP contribution in [-0.2, 0) is 48.0 Å². The Hall–Kier alpha value is -5.43. The van der Waals surface area contributed by atoms with Crippen molar-refractivity contribution in [1.29, 1.82) is 0 Å². The molecule has 4 aromatic rings. The minimum absolute atomic E-state index is 0.0220. The van der Waals surface area contributed by atoms with Gasteiger partial charge in [-0.1, -0.05) is 33.8 Å². The van der Waals surface area contributed by atoms with Gasteiger partial charge in [0.2, 0.25) is 11.8 Å². The van der Waals surface area contributed by atoms with Gasteiger partial charge in [0.1, 0.15) is 18.1 Å². The van der Waals surface area contributed by atoms with Crippen LogP contribution >= 0.6 is 11.3 Å². The number of esters is 1. The van der Waals surface area contributed by atoms with Gasteiger partial charge in [0.05, 0.1) is 40.8 Å². The highest BCUT2D eigenvalue weighted by Crippen LogP contribution is 2.42. The van der Waals surface area contributed by atoms with Crippen molar-refractivity contribution in [3.05, 3.63) is 58.2 Å². The van der Waals surface area contributed by atoms with Crippen LogP contribution < -0.4 is 16.1 Å². The average molecular weight is 953 g/mol. The van der Waals surface area contributed by atoms with Gasteiger partial charge in [0.25, 0.3) is 5.91 Å². The molecule has 0 saturated carbocycles. The van der Waals surface area contributed by atoms with Crippen LogP contribution in [0.2, 0.25) is 0 Å². The fourth-order valence-corrected chi connectivity index (χ4v) is 11.0. The molecule has 1 aromatic carbocycles. The number of rotatable bonds is 10. The number of piperidine rings is 1. The van der Waals surface area contributed by atoms with Gasteiger partial charge in [0, 0.05) is 105 Å². The maximum absolute atomic E-state index is 14.7. The third-order valence-corrected chi connectivity index (χ3v) is 14.9. The topological polar surface area (TPSA) is 193 Å². The van der Waals surface area contributed by atoms with Crippen LogP contribution in [0.4, 0.5) is 4.79 Å². The number of likely N-dealkylation sites (tertiary alicyclic amines) is 1. The number of methoxy groups -OCH3 is 1. The van der Waals surface area contributed by atoms with E-state index in [-0.39, 0.29) is 49.1 Å². The van der Waals surface area contributed by atoms with E-state index in [1.807, 2.05) is 32.2 Å². The van der Waals surface area contributed by atoms with E-state index in [2.05, 4.69) is 65.7 Å². The molecule has 5 amide bonds. The van der Waals surface area contributed by atoms with Gasteiger partial charge in [0.15, 0.2) is 0 Å². The number of urea groups is 1. The van der Waals surface area contributed by atoms with Crippen LogP contribution in [0.1, 0.15) is 89.6 Å². The van der Waals surface area contributed by atoms with Gasteiger partial charge < -0.3 is 39.4 Å². The van der Waals surface area contributed by atoms with Gasteiger partial charge in [-0.15, -0.1) is 11.3 Å². The molecule has 0 spiro atoms. The number of aromatic nitrogens is 3.